The zero-order valence-corrected chi connectivity index (χ0v) is 18.6. The quantitative estimate of drug-likeness (QED) is 0.285. The molecule has 3 rings (SSSR count). The molecule has 0 saturated heterocycles. The van der Waals surface area contributed by atoms with Crippen LogP contribution in [0.3, 0.4) is 0 Å². The van der Waals surface area contributed by atoms with Crippen LogP contribution in [-0.2, 0) is 4.79 Å². The molecular formula is C22H21Cl2N3OS. The van der Waals surface area contributed by atoms with E-state index in [1.165, 1.54) is 11.8 Å². The van der Waals surface area contributed by atoms with Gasteiger partial charge in [-0.2, -0.15) is 5.10 Å². The summed E-state index contributed by atoms with van der Waals surface area (Å²) in [6.07, 6.45) is 1.66. The van der Waals surface area contributed by atoms with Crippen molar-refractivity contribution in [3.05, 3.63) is 81.6 Å². The maximum absolute atomic E-state index is 12.3. The molecule has 1 atom stereocenters. The van der Waals surface area contributed by atoms with Crippen LogP contribution >= 0.6 is 35.0 Å². The van der Waals surface area contributed by atoms with Gasteiger partial charge in [-0.25, -0.2) is 5.43 Å². The normalized spacial score (nSPS) is 12.3. The van der Waals surface area contributed by atoms with Crippen LogP contribution in [0.1, 0.15) is 23.9 Å². The Morgan fingerprint density at radius 2 is 1.76 bits per heavy atom. The van der Waals surface area contributed by atoms with E-state index in [0.717, 1.165) is 27.5 Å². The SMILES string of the molecule is Cc1cc(/C=N\NC(=O)[C@@H](C)Sc2ccccc2)c(C)n1-c1cc(Cl)cc(Cl)c1. The van der Waals surface area contributed by atoms with Gasteiger partial charge in [-0.3, -0.25) is 4.79 Å². The van der Waals surface area contributed by atoms with Crippen molar-refractivity contribution >= 4 is 47.1 Å². The van der Waals surface area contributed by atoms with E-state index >= 15 is 0 Å². The lowest BCUT2D eigenvalue weighted by Crippen LogP contribution is -2.26. The van der Waals surface area contributed by atoms with Crippen molar-refractivity contribution in [1.82, 2.24) is 9.99 Å². The number of hydrazone groups is 1. The Hall–Kier alpha value is -2.21. The average molecular weight is 446 g/mol. The molecule has 3 aromatic rings. The topological polar surface area (TPSA) is 46.4 Å². The monoisotopic (exact) mass is 445 g/mol. The molecule has 0 bridgehead atoms. The van der Waals surface area contributed by atoms with Crippen molar-refractivity contribution in [3.63, 3.8) is 0 Å². The lowest BCUT2D eigenvalue weighted by molar-refractivity contribution is -0.120. The molecule has 1 aromatic heterocycles. The number of hydrogen-bond acceptors (Lipinski definition) is 3. The molecule has 0 aliphatic rings. The van der Waals surface area contributed by atoms with Crippen molar-refractivity contribution in [1.29, 1.82) is 0 Å². The molecule has 0 spiro atoms. The van der Waals surface area contributed by atoms with E-state index in [1.807, 2.05) is 69.3 Å². The van der Waals surface area contributed by atoms with Crippen molar-refractivity contribution in [2.24, 2.45) is 5.10 Å². The van der Waals surface area contributed by atoms with Crippen molar-refractivity contribution in [2.75, 3.05) is 0 Å². The fourth-order valence-corrected chi connectivity index (χ4v) is 4.39. The molecule has 1 heterocycles. The molecule has 0 aliphatic heterocycles. The van der Waals surface area contributed by atoms with Gasteiger partial charge in [0.25, 0.3) is 5.91 Å². The molecule has 2 aromatic carbocycles. The second kappa shape index (κ2) is 9.53. The van der Waals surface area contributed by atoms with Gasteiger partial charge in [-0.1, -0.05) is 41.4 Å². The van der Waals surface area contributed by atoms with Crippen LogP contribution < -0.4 is 5.43 Å². The van der Waals surface area contributed by atoms with Gasteiger partial charge in [0, 0.05) is 37.6 Å². The van der Waals surface area contributed by atoms with E-state index in [-0.39, 0.29) is 11.2 Å². The van der Waals surface area contributed by atoms with Gasteiger partial charge in [0.15, 0.2) is 0 Å². The number of aromatic nitrogens is 1. The Kier molecular flexibility index (Phi) is 7.06. The van der Waals surface area contributed by atoms with Crippen molar-refractivity contribution in [2.45, 2.75) is 30.9 Å². The fourth-order valence-electron chi connectivity index (χ4n) is 3.00. The summed E-state index contributed by atoms with van der Waals surface area (Å²) in [6.45, 7) is 5.84. The molecule has 4 nitrogen and oxygen atoms in total. The van der Waals surface area contributed by atoms with Crippen LogP contribution in [0.2, 0.25) is 10.0 Å². The summed E-state index contributed by atoms with van der Waals surface area (Å²) in [7, 11) is 0. The van der Waals surface area contributed by atoms with Gasteiger partial charge in [0.05, 0.1) is 11.5 Å². The summed E-state index contributed by atoms with van der Waals surface area (Å²) in [4.78, 5) is 13.4. The van der Waals surface area contributed by atoms with Crippen LogP contribution in [-0.4, -0.2) is 21.9 Å². The molecule has 7 heteroatoms. The number of halogens is 2. The van der Waals surface area contributed by atoms with Gasteiger partial charge < -0.3 is 4.57 Å². The second-order valence-electron chi connectivity index (χ2n) is 6.60. The lowest BCUT2D eigenvalue weighted by atomic mass is 10.2. The molecule has 0 unspecified atom stereocenters. The molecule has 29 heavy (non-hydrogen) atoms. The number of amides is 1. The zero-order valence-electron chi connectivity index (χ0n) is 16.3. The van der Waals surface area contributed by atoms with Gasteiger partial charge >= 0.3 is 0 Å². The fraction of sp³-hybridized carbons (Fsp3) is 0.182. The Morgan fingerprint density at radius 1 is 1.10 bits per heavy atom. The Morgan fingerprint density at radius 3 is 2.41 bits per heavy atom. The zero-order chi connectivity index (χ0) is 21.0. The van der Waals surface area contributed by atoms with Crippen LogP contribution in [0.25, 0.3) is 5.69 Å². The lowest BCUT2D eigenvalue weighted by Gasteiger charge is -2.11. The standard InChI is InChI=1S/C22H21Cl2N3OS/c1-14-9-17(15(2)27(14)20-11-18(23)10-19(24)12-20)13-25-26-22(28)16(3)29-21-7-5-4-6-8-21/h4-13,16H,1-3H3,(H,26,28)/b25-13-/t16-/m1/s1. The smallest absolute Gasteiger partial charge is 0.253 e. The summed E-state index contributed by atoms with van der Waals surface area (Å²) in [5.74, 6) is -0.148. The first-order valence-corrected chi connectivity index (χ1v) is 10.7. The maximum atomic E-state index is 12.3. The number of nitrogens with zero attached hydrogens (tertiary/aromatic N) is 2. The summed E-state index contributed by atoms with van der Waals surface area (Å²) in [5.41, 5.74) is 6.40. The number of benzene rings is 2. The minimum atomic E-state index is -0.254. The van der Waals surface area contributed by atoms with E-state index in [9.17, 15) is 4.79 Å². The maximum Gasteiger partial charge on any atom is 0.253 e. The molecule has 0 saturated carbocycles. The number of thioether (sulfide) groups is 1. The first kappa shape index (κ1) is 21.5. The third-order valence-electron chi connectivity index (χ3n) is 4.38. The third kappa shape index (κ3) is 5.44. The van der Waals surface area contributed by atoms with E-state index in [0.29, 0.717) is 10.0 Å². The Labute approximate surface area is 184 Å². The molecule has 1 amide bonds. The number of aryl methyl sites for hydroxylation is 1. The number of rotatable bonds is 6. The van der Waals surface area contributed by atoms with Crippen LogP contribution in [0.5, 0.6) is 0 Å². The predicted octanol–water partition coefficient (Wildman–Crippen LogP) is 6.03. The highest BCUT2D eigenvalue weighted by molar-refractivity contribution is 8.00. The van der Waals surface area contributed by atoms with E-state index in [4.69, 9.17) is 23.2 Å². The van der Waals surface area contributed by atoms with E-state index in [2.05, 4.69) is 15.1 Å². The van der Waals surface area contributed by atoms with Crippen LogP contribution in [0.15, 0.2) is 64.6 Å². The van der Waals surface area contributed by atoms with Gasteiger partial charge in [0.2, 0.25) is 0 Å². The summed E-state index contributed by atoms with van der Waals surface area (Å²) in [6, 6.07) is 17.2. The molecule has 0 fully saturated rings. The van der Waals surface area contributed by atoms with E-state index < -0.39 is 0 Å². The van der Waals surface area contributed by atoms with Gasteiger partial charge in [-0.05, 0) is 57.2 Å². The third-order valence-corrected chi connectivity index (χ3v) is 5.93. The first-order chi connectivity index (χ1) is 13.8. The van der Waals surface area contributed by atoms with E-state index in [1.54, 1.807) is 12.3 Å². The van der Waals surface area contributed by atoms with Gasteiger partial charge in [0.1, 0.15) is 0 Å². The summed E-state index contributed by atoms with van der Waals surface area (Å²) in [5, 5.41) is 5.04. The first-order valence-electron chi connectivity index (χ1n) is 9.05. The number of nitrogens with one attached hydrogen (secondary N) is 1. The Balaban J connectivity index is 1.70. The Bertz CT molecular complexity index is 1030. The minimum absolute atomic E-state index is 0.148. The number of carbonyl (C=O) groups is 1. The largest absolute Gasteiger partial charge is 0.318 e. The van der Waals surface area contributed by atoms with Gasteiger partial charge in [-0.15, -0.1) is 11.8 Å². The molecule has 0 aliphatic carbocycles. The molecule has 1 N–H and O–H groups in total. The summed E-state index contributed by atoms with van der Waals surface area (Å²) >= 11 is 13.8. The average Bonchev–Trinajstić information content (AvgIpc) is 2.95. The summed E-state index contributed by atoms with van der Waals surface area (Å²) < 4.78 is 2.05. The molecular weight excluding hydrogens is 425 g/mol. The second-order valence-corrected chi connectivity index (χ2v) is 8.88. The minimum Gasteiger partial charge on any atom is -0.318 e. The van der Waals surface area contributed by atoms with Crippen LogP contribution in [0.4, 0.5) is 0 Å². The highest BCUT2D eigenvalue weighted by Crippen LogP contribution is 2.26. The molecule has 150 valence electrons. The van der Waals surface area contributed by atoms with Crippen molar-refractivity contribution in [3.8, 4) is 5.69 Å². The van der Waals surface area contributed by atoms with Crippen molar-refractivity contribution < 1.29 is 4.79 Å². The predicted molar refractivity (Wildman–Crippen MR) is 123 cm³/mol. The number of carbonyl (C=O) groups excluding carboxylic acids is 1. The molecule has 0 radical (unpaired) electrons. The number of hydrogen-bond donors (Lipinski definition) is 1. The highest BCUT2D eigenvalue weighted by Gasteiger charge is 2.14. The highest BCUT2D eigenvalue weighted by atomic mass is 35.5. The van der Waals surface area contributed by atoms with Crippen LogP contribution in [0, 0.1) is 13.8 Å².